The molecule has 2 heterocycles. The van der Waals surface area contributed by atoms with Gasteiger partial charge in [-0.25, -0.2) is 4.68 Å². The Kier molecular flexibility index (Phi) is 4.63. The lowest BCUT2D eigenvalue weighted by Crippen LogP contribution is -2.27. The van der Waals surface area contributed by atoms with E-state index in [1.807, 2.05) is 18.2 Å². The molecule has 1 aromatic carbocycles. The molecular formula is C17H18N6O4. The number of nitro groups is 1. The normalized spacial score (nSPS) is 12.0. The van der Waals surface area contributed by atoms with Crippen molar-refractivity contribution >= 4 is 17.3 Å². The second-order valence-electron chi connectivity index (χ2n) is 6.04. The molecule has 10 heteroatoms. The Balaban J connectivity index is 1.90. The lowest BCUT2D eigenvalue weighted by molar-refractivity contribution is -0.385. The third kappa shape index (κ3) is 3.24. The van der Waals surface area contributed by atoms with E-state index in [1.54, 1.807) is 37.7 Å². The van der Waals surface area contributed by atoms with Crippen LogP contribution in [0, 0.1) is 17.0 Å². The molecule has 0 fully saturated rings. The van der Waals surface area contributed by atoms with Crippen LogP contribution in [0.25, 0.3) is 5.69 Å². The van der Waals surface area contributed by atoms with Crippen LogP contribution in [0.5, 0.6) is 0 Å². The number of benzene rings is 1. The highest BCUT2D eigenvalue weighted by Gasteiger charge is 2.23. The average molecular weight is 370 g/mol. The van der Waals surface area contributed by atoms with E-state index in [0.29, 0.717) is 11.4 Å². The van der Waals surface area contributed by atoms with Crippen molar-refractivity contribution in [3.8, 4) is 5.69 Å². The molecule has 10 nitrogen and oxygen atoms in total. The number of hydrogen-bond donors (Lipinski definition) is 1. The molecule has 3 rings (SSSR count). The quantitative estimate of drug-likeness (QED) is 0.543. The van der Waals surface area contributed by atoms with Crippen molar-refractivity contribution in [3.05, 3.63) is 68.9 Å². The molecule has 3 aromatic rings. The maximum Gasteiger partial charge on any atom is 0.307 e. The minimum atomic E-state index is -0.831. The number of hydrogen-bond acceptors (Lipinski definition) is 5. The summed E-state index contributed by atoms with van der Waals surface area (Å²) in [5, 5.41) is 17.2. The average Bonchev–Trinajstić information content (AvgIpc) is 3.22. The predicted octanol–water partition coefficient (Wildman–Crippen LogP) is 1.79. The number of carbonyl (C=O) groups excluding carboxylic acids is 1. The first-order chi connectivity index (χ1) is 12.8. The molecule has 1 N–H and O–H groups in total. The summed E-state index contributed by atoms with van der Waals surface area (Å²) in [7, 11) is 1.72. The van der Waals surface area contributed by atoms with Crippen molar-refractivity contribution in [2.75, 3.05) is 5.32 Å². The van der Waals surface area contributed by atoms with Crippen LogP contribution in [0.4, 0.5) is 11.4 Å². The summed E-state index contributed by atoms with van der Waals surface area (Å²) in [6.45, 7) is 3.26. The molecule has 0 saturated heterocycles. The topological polar surface area (TPSA) is 117 Å². The zero-order valence-electron chi connectivity index (χ0n) is 15.0. The van der Waals surface area contributed by atoms with Crippen LogP contribution in [0.15, 0.2) is 47.5 Å². The first-order valence-electron chi connectivity index (χ1n) is 8.14. The molecule has 0 aliphatic carbocycles. The van der Waals surface area contributed by atoms with Crippen molar-refractivity contribution in [2.45, 2.75) is 19.9 Å². The molecule has 1 atom stereocenters. The lowest BCUT2D eigenvalue weighted by Gasteiger charge is -2.11. The van der Waals surface area contributed by atoms with Gasteiger partial charge in [0.2, 0.25) is 5.91 Å². The zero-order valence-corrected chi connectivity index (χ0v) is 15.0. The first kappa shape index (κ1) is 18.1. The van der Waals surface area contributed by atoms with Gasteiger partial charge in [-0.2, -0.15) is 5.10 Å². The fraction of sp³-hybridized carbons (Fsp3) is 0.235. The smallest absolute Gasteiger partial charge is 0.307 e. The summed E-state index contributed by atoms with van der Waals surface area (Å²) in [6, 6.07) is 8.22. The van der Waals surface area contributed by atoms with E-state index in [0.717, 1.165) is 6.20 Å². The van der Waals surface area contributed by atoms with Crippen molar-refractivity contribution < 1.29 is 9.72 Å². The highest BCUT2D eigenvalue weighted by atomic mass is 16.6. The summed E-state index contributed by atoms with van der Waals surface area (Å²) < 4.78 is 4.28. The number of rotatable bonds is 5. The number of amides is 1. The molecule has 27 heavy (non-hydrogen) atoms. The van der Waals surface area contributed by atoms with Crippen molar-refractivity contribution in [1.82, 2.24) is 19.1 Å². The van der Waals surface area contributed by atoms with Crippen molar-refractivity contribution in [2.24, 2.45) is 7.05 Å². The van der Waals surface area contributed by atoms with E-state index in [1.165, 1.54) is 15.6 Å². The number of anilines is 1. The molecule has 1 amide bonds. The monoisotopic (exact) mass is 370 g/mol. The molecular weight excluding hydrogens is 352 g/mol. The van der Waals surface area contributed by atoms with Crippen LogP contribution in [0.1, 0.15) is 18.7 Å². The van der Waals surface area contributed by atoms with Crippen LogP contribution in [0.3, 0.4) is 0 Å². The maximum absolute atomic E-state index is 12.8. The zero-order chi connectivity index (χ0) is 19.7. The van der Waals surface area contributed by atoms with Gasteiger partial charge in [0.15, 0.2) is 0 Å². The van der Waals surface area contributed by atoms with Gasteiger partial charge >= 0.3 is 5.69 Å². The first-order valence-corrected chi connectivity index (χ1v) is 8.14. The van der Waals surface area contributed by atoms with Crippen molar-refractivity contribution in [1.29, 1.82) is 0 Å². The molecule has 0 spiro atoms. The molecule has 0 unspecified atom stereocenters. The summed E-state index contributed by atoms with van der Waals surface area (Å²) in [4.78, 5) is 35.5. The Morgan fingerprint density at radius 1 is 1.30 bits per heavy atom. The SMILES string of the molecule is Cc1c(NC(=O)[C@@H](C)n2cc([N+](=O)[O-])cn2)c(=O)n(-c2ccccc2)n1C. The van der Waals surface area contributed by atoms with Gasteiger partial charge in [0, 0.05) is 7.05 Å². The predicted molar refractivity (Wildman–Crippen MR) is 98.0 cm³/mol. The van der Waals surface area contributed by atoms with Gasteiger partial charge in [-0.1, -0.05) is 18.2 Å². The van der Waals surface area contributed by atoms with E-state index >= 15 is 0 Å². The Bertz CT molecular complexity index is 1060. The second-order valence-corrected chi connectivity index (χ2v) is 6.04. The number of nitrogens with one attached hydrogen (secondary N) is 1. The highest BCUT2D eigenvalue weighted by Crippen LogP contribution is 2.17. The standard InChI is InChI=1S/C17H18N6O4/c1-11-15(17(25)22(20(11)3)13-7-5-4-6-8-13)19-16(24)12(2)21-10-14(9-18-21)23(26)27/h4-10,12H,1-3H3,(H,19,24)/t12-/m1/s1. The molecule has 2 aromatic heterocycles. The number of carbonyl (C=O) groups is 1. The lowest BCUT2D eigenvalue weighted by atomic mass is 10.3. The second kappa shape index (κ2) is 6.90. The van der Waals surface area contributed by atoms with E-state index in [4.69, 9.17) is 0 Å². The fourth-order valence-electron chi connectivity index (χ4n) is 2.69. The number of aromatic nitrogens is 4. The minimum Gasteiger partial charge on any atom is -0.318 e. The number of para-hydroxylation sites is 1. The van der Waals surface area contributed by atoms with Crippen LogP contribution in [0.2, 0.25) is 0 Å². The van der Waals surface area contributed by atoms with Gasteiger partial charge in [0.1, 0.15) is 24.1 Å². The molecule has 0 radical (unpaired) electrons. The Hall–Kier alpha value is -3.69. The van der Waals surface area contributed by atoms with E-state index in [-0.39, 0.29) is 16.9 Å². The number of nitrogens with zero attached hydrogens (tertiary/aromatic N) is 5. The van der Waals surface area contributed by atoms with E-state index in [2.05, 4.69) is 10.4 Å². The van der Waals surface area contributed by atoms with Gasteiger partial charge in [-0.15, -0.1) is 0 Å². The highest BCUT2D eigenvalue weighted by molar-refractivity contribution is 5.93. The minimum absolute atomic E-state index is 0.153. The molecule has 0 saturated carbocycles. The van der Waals surface area contributed by atoms with Gasteiger partial charge in [0.05, 0.1) is 16.3 Å². The Labute approximate surface area is 153 Å². The summed E-state index contributed by atoms with van der Waals surface area (Å²) >= 11 is 0. The Morgan fingerprint density at radius 2 is 1.96 bits per heavy atom. The van der Waals surface area contributed by atoms with Gasteiger partial charge in [-0.3, -0.25) is 29.1 Å². The van der Waals surface area contributed by atoms with Gasteiger partial charge in [0.25, 0.3) is 5.56 Å². The summed E-state index contributed by atoms with van der Waals surface area (Å²) in [5.74, 6) is -0.501. The molecule has 0 aliphatic heterocycles. The van der Waals surface area contributed by atoms with Crippen LogP contribution in [-0.2, 0) is 11.8 Å². The maximum atomic E-state index is 12.8. The molecule has 140 valence electrons. The van der Waals surface area contributed by atoms with Crippen LogP contribution in [-0.4, -0.2) is 30.0 Å². The van der Waals surface area contributed by atoms with E-state index < -0.39 is 16.9 Å². The fourth-order valence-corrected chi connectivity index (χ4v) is 2.69. The van der Waals surface area contributed by atoms with Gasteiger partial charge < -0.3 is 5.32 Å². The van der Waals surface area contributed by atoms with E-state index in [9.17, 15) is 19.7 Å². The third-order valence-electron chi connectivity index (χ3n) is 4.38. The van der Waals surface area contributed by atoms with Crippen molar-refractivity contribution in [3.63, 3.8) is 0 Å². The summed E-state index contributed by atoms with van der Waals surface area (Å²) in [6.07, 6.45) is 2.24. The van der Waals surface area contributed by atoms with Gasteiger partial charge in [-0.05, 0) is 26.0 Å². The van der Waals surface area contributed by atoms with Crippen LogP contribution >= 0.6 is 0 Å². The summed E-state index contributed by atoms with van der Waals surface area (Å²) in [5.41, 5.74) is 0.824. The van der Waals surface area contributed by atoms with Crippen LogP contribution < -0.4 is 10.9 Å². The Morgan fingerprint density at radius 3 is 2.56 bits per heavy atom. The molecule has 0 aliphatic rings. The third-order valence-corrected chi connectivity index (χ3v) is 4.38. The molecule has 0 bridgehead atoms. The largest absolute Gasteiger partial charge is 0.318 e.